The monoisotopic (exact) mass is 312 g/mol. The third-order valence-corrected chi connectivity index (χ3v) is 3.49. The molecule has 3 aromatic rings. The van der Waals surface area contributed by atoms with E-state index in [1.54, 1.807) is 36.7 Å². The molecular formula is C15H16N6O2. The molecule has 0 radical (unpaired) electrons. The van der Waals surface area contributed by atoms with Gasteiger partial charge in [0.2, 0.25) is 0 Å². The summed E-state index contributed by atoms with van der Waals surface area (Å²) in [4.78, 5) is 12.5. The van der Waals surface area contributed by atoms with Crippen LogP contribution in [0.4, 0.5) is 5.69 Å². The van der Waals surface area contributed by atoms with Crippen molar-refractivity contribution >= 4 is 11.6 Å². The molecule has 1 aromatic carbocycles. The number of hydrogen-bond acceptors (Lipinski definition) is 6. The van der Waals surface area contributed by atoms with E-state index in [2.05, 4.69) is 26.0 Å². The Hall–Kier alpha value is -3.03. The Morgan fingerprint density at radius 1 is 1.35 bits per heavy atom. The lowest BCUT2D eigenvalue weighted by Crippen LogP contribution is -2.13. The number of aromatic nitrogens is 5. The smallest absolute Gasteiger partial charge is 0.255 e. The number of rotatable bonds is 4. The van der Waals surface area contributed by atoms with E-state index in [0.29, 0.717) is 35.1 Å². The van der Waals surface area contributed by atoms with E-state index in [1.807, 2.05) is 13.0 Å². The van der Waals surface area contributed by atoms with Crippen LogP contribution in [0.2, 0.25) is 0 Å². The minimum absolute atomic E-state index is 0.239. The summed E-state index contributed by atoms with van der Waals surface area (Å²) in [6.45, 7) is 6.13. The van der Waals surface area contributed by atoms with Crippen LogP contribution in [0.5, 0.6) is 0 Å². The maximum Gasteiger partial charge on any atom is 0.255 e. The lowest BCUT2D eigenvalue weighted by Gasteiger charge is -2.06. The van der Waals surface area contributed by atoms with E-state index in [9.17, 15) is 4.79 Å². The highest BCUT2D eigenvalue weighted by atomic mass is 16.5. The fourth-order valence-corrected chi connectivity index (χ4v) is 2.27. The normalized spacial score (nSPS) is 10.7. The van der Waals surface area contributed by atoms with Crippen LogP contribution in [0.1, 0.15) is 28.7 Å². The SMILES string of the molecule is CCn1nnnc1-c1cccc(C(=O)Nc2c(C)noc2C)c1. The van der Waals surface area contributed by atoms with Crippen LogP contribution >= 0.6 is 0 Å². The molecule has 8 nitrogen and oxygen atoms in total. The van der Waals surface area contributed by atoms with Gasteiger partial charge in [-0.15, -0.1) is 5.10 Å². The summed E-state index contributed by atoms with van der Waals surface area (Å²) >= 11 is 0. The Bertz CT molecular complexity index is 832. The highest BCUT2D eigenvalue weighted by Crippen LogP contribution is 2.21. The van der Waals surface area contributed by atoms with Gasteiger partial charge in [0.1, 0.15) is 11.4 Å². The van der Waals surface area contributed by atoms with Crippen LogP contribution < -0.4 is 5.32 Å². The first-order valence-electron chi connectivity index (χ1n) is 7.21. The van der Waals surface area contributed by atoms with Gasteiger partial charge in [0.25, 0.3) is 5.91 Å². The number of anilines is 1. The molecule has 0 spiro atoms. The molecule has 0 atom stereocenters. The second-order valence-corrected chi connectivity index (χ2v) is 5.05. The van der Waals surface area contributed by atoms with Crippen LogP contribution in [0.3, 0.4) is 0 Å². The molecule has 0 saturated heterocycles. The number of nitrogens with one attached hydrogen (secondary N) is 1. The molecule has 0 unspecified atom stereocenters. The van der Waals surface area contributed by atoms with Crippen molar-refractivity contribution in [1.29, 1.82) is 0 Å². The van der Waals surface area contributed by atoms with Crippen molar-refractivity contribution in [2.45, 2.75) is 27.3 Å². The van der Waals surface area contributed by atoms with E-state index < -0.39 is 0 Å². The molecule has 0 aliphatic carbocycles. The van der Waals surface area contributed by atoms with Gasteiger partial charge < -0.3 is 9.84 Å². The molecule has 1 N–H and O–H groups in total. The molecule has 0 bridgehead atoms. The fraction of sp³-hybridized carbons (Fsp3) is 0.267. The minimum Gasteiger partial charge on any atom is -0.359 e. The largest absolute Gasteiger partial charge is 0.359 e. The van der Waals surface area contributed by atoms with Gasteiger partial charge in [-0.1, -0.05) is 17.3 Å². The Morgan fingerprint density at radius 2 is 2.17 bits per heavy atom. The Labute approximate surface area is 132 Å². The molecule has 3 rings (SSSR count). The van der Waals surface area contributed by atoms with Crippen LogP contribution in [0, 0.1) is 13.8 Å². The van der Waals surface area contributed by atoms with E-state index in [-0.39, 0.29) is 5.91 Å². The molecule has 0 aliphatic rings. The maximum absolute atomic E-state index is 12.5. The van der Waals surface area contributed by atoms with E-state index in [0.717, 1.165) is 5.56 Å². The molecular weight excluding hydrogens is 296 g/mol. The Kier molecular flexibility index (Phi) is 3.88. The number of aryl methyl sites for hydroxylation is 3. The summed E-state index contributed by atoms with van der Waals surface area (Å²) in [6, 6.07) is 7.15. The maximum atomic E-state index is 12.5. The average molecular weight is 312 g/mol. The Morgan fingerprint density at radius 3 is 2.87 bits per heavy atom. The second kappa shape index (κ2) is 5.99. The van der Waals surface area contributed by atoms with Gasteiger partial charge in [-0.25, -0.2) is 4.68 Å². The van der Waals surface area contributed by atoms with Crippen molar-refractivity contribution in [3.05, 3.63) is 41.3 Å². The molecule has 118 valence electrons. The molecule has 0 aliphatic heterocycles. The first kappa shape index (κ1) is 14.9. The average Bonchev–Trinajstić information content (AvgIpc) is 3.16. The first-order chi connectivity index (χ1) is 11.1. The van der Waals surface area contributed by atoms with Crippen molar-refractivity contribution in [1.82, 2.24) is 25.4 Å². The zero-order valence-corrected chi connectivity index (χ0v) is 13.1. The van der Waals surface area contributed by atoms with Gasteiger partial charge in [0.05, 0.1) is 0 Å². The van der Waals surface area contributed by atoms with Crippen molar-refractivity contribution in [3.63, 3.8) is 0 Å². The second-order valence-electron chi connectivity index (χ2n) is 5.05. The number of carbonyl (C=O) groups excluding carboxylic acids is 1. The quantitative estimate of drug-likeness (QED) is 0.793. The molecule has 0 fully saturated rings. The molecule has 0 saturated carbocycles. The zero-order chi connectivity index (χ0) is 16.4. The molecule has 8 heteroatoms. The van der Waals surface area contributed by atoms with Crippen molar-refractivity contribution in [2.75, 3.05) is 5.32 Å². The minimum atomic E-state index is -0.239. The van der Waals surface area contributed by atoms with Crippen molar-refractivity contribution in [3.8, 4) is 11.4 Å². The van der Waals surface area contributed by atoms with Gasteiger partial charge in [-0.3, -0.25) is 4.79 Å². The molecule has 2 aromatic heterocycles. The highest BCUT2D eigenvalue weighted by Gasteiger charge is 2.15. The summed E-state index contributed by atoms with van der Waals surface area (Å²) < 4.78 is 6.72. The van der Waals surface area contributed by atoms with Crippen LogP contribution in [0.15, 0.2) is 28.8 Å². The summed E-state index contributed by atoms with van der Waals surface area (Å²) in [7, 11) is 0. The summed E-state index contributed by atoms with van der Waals surface area (Å²) in [5, 5.41) is 18.2. The zero-order valence-electron chi connectivity index (χ0n) is 13.1. The third-order valence-electron chi connectivity index (χ3n) is 3.49. The van der Waals surface area contributed by atoms with Crippen molar-refractivity contribution < 1.29 is 9.32 Å². The number of hydrogen-bond donors (Lipinski definition) is 1. The number of amides is 1. The van der Waals surface area contributed by atoms with Gasteiger partial charge in [-0.05, 0) is 43.3 Å². The summed E-state index contributed by atoms with van der Waals surface area (Å²) in [5.74, 6) is 0.957. The summed E-state index contributed by atoms with van der Waals surface area (Å²) in [6.07, 6.45) is 0. The number of nitrogens with zero attached hydrogens (tertiary/aromatic N) is 5. The van der Waals surface area contributed by atoms with Crippen molar-refractivity contribution in [2.24, 2.45) is 0 Å². The lowest BCUT2D eigenvalue weighted by molar-refractivity contribution is 0.102. The standard InChI is InChI=1S/C15H16N6O2/c1-4-21-14(17-19-20-21)11-6-5-7-12(8-11)15(22)16-13-9(2)18-23-10(13)3/h5-8H,4H2,1-3H3,(H,16,22). The van der Waals surface area contributed by atoms with Crippen LogP contribution in [-0.2, 0) is 6.54 Å². The number of carbonyl (C=O) groups is 1. The predicted octanol–water partition coefficient (Wildman–Crippen LogP) is 2.22. The van der Waals surface area contributed by atoms with E-state index >= 15 is 0 Å². The van der Waals surface area contributed by atoms with E-state index in [1.165, 1.54) is 0 Å². The van der Waals surface area contributed by atoms with E-state index in [4.69, 9.17) is 4.52 Å². The molecule has 23 heavy (non-hydrogen) atoms. The number of tetrazole rings is 1. The van der Waals surface area contributed by atoms with Crippen LogP contribution in [-0.4, -0.2) is 31.3 Å². The van der Waals surface area contributed by atoms with Crippen LogP contribution in [0.25, 0.3) is 11.4 Å². The van der Waals surface area contributed by atoms with Gasteiger partial charge >= 0.3 is 0 Å². The number of benzene rings is 1. The topological polar surface area (TPSA) is 98.7 Å². The molecule has 1 amide bonds. The Balaban J connectivity index is 1.89. The molecule has 2 heterocycles. The van der Waals surface area contributed by atoms with Gasteiger partial charge in [-0.2, -0.15) is 0 Å². The first-order valence-corrected chi connectivity index (χ1v) is 7.21. The fourth-order valence-electron chi connectivity index (χ4n) is 2.27. The van der Waals surface area contributed by atoms with Gasteiger partial charge in [0.15, 0.2) is 11.6 Å². The highest BCUT2D eigenvalue weighted by molar-refractivity contribution is 6.05. The van der Waals surface area contributed by atoms with Gasteiger partial charge in [0, 0.05) is 17.7 Å². The predicted molar refractivity (Wildman–Crippen MR) is 82.9 cm³/mol. The summed E-state index contributed by atoms with van der Waals surface area (Å²) in [5.41, 5.74) is 2.53. The third kappa shape index (κ3) is 2.83. The lowest BCUT2D eigenvalue weighted by atomic mass is 10.1.